The van der Waals surface area contributed by atoms with E-state index in [1.807, 2.05) is 0 Å². The van der Waals surface area contributed by atoms with Crippen molar-refractivity contribution in [3.63, 3.8) is 0 Å². The highest BCUT2D eigenvalue weighted by Crippen LogP contribution is 2.32. The second kappa shape index (κ2) is 3.55. The van der Waals surface area contributed by atoms with Crippen LogP contribution in [0.5, 0.6) is 0 Å². The average Bonchev–Trinajstić information content (AvgIpc) is 1.86. The number of halogens is 4. The van der Waals surface area contributed by atoms with Gasteiger partial charge in [0.05, 0.1) is 0 Å². The van der Waals surface area contributed by atoms with Gasteiger partial charge in [-0.3, -0.25) is 4.79 Å². The molecular weight excluding hydrogens is 180 g/mol. The molecule has 0 spiro atoms. The van der Waals surface area contributed by atoms with Crippen LogP contribution in [0.2, 0.25) is 0 Å². The quantitative estimate of drug-likeness (QED) is 0.536. The van der Waals surface area contributed by atoms with Crippen LogP contribution >= 0.6 is 0 Å². The van der Waals surface area contributed by atoms with E-state index in [2.05, 4.69) is 6.58 Å². The number of carboxylic acids is 1. The predicted molar refractivity (Wildman–Crippen MR) is 32.3 cm³/mol. The average molecular weight is 186 g/mol. The third kappa shape index (κ3) is 1.96. The zero-order chi connectivity index (χ0) is 9.94. The minimum absolute atomic E-state index is 0.286. The lowest BCUT2D eigenvalue weighted by Gasteiger charge is -2.19. The van der Waals surface area contributed by atoms with Crippen LogP contribution in [0.3, 0.4) is 0 Å². The minimum atomic E-state index is -4.56. The van der Waals surface area contributed by atoms with E-state index in [4.69, 9.17) is 5.11 Å². The molecule has 12 heavy (non-hydrogen) atoms. The number of carboxylic acid groups (broad SMARTS) is 1. The smallest absolute Gasteiger partial charge is 0.324 e. The van der Waals surface area contributed by atoms with E-state index < -0.39 is 24.2 Å². The van der Waals surface area contributed by atoms with Gasteiger partial charge in [0, 0.05) is 0 Å². The summed E-state index contributed by atoms with van der Waals surface area (Å²) < 4.78 is 47.6. The fourth-order valence-electron chi connectivity index (χ4n) is 0.558. The Balaban J connectivity index is 4.71. The van der Waals surface area contributed by atoms with Crippen molar-refractivity contribution in [1.29, 1.82) is 0 Å². The van der Waals surface area contributed by atoms with Crippen LogP contribution in [-0.2, 0) is 4.79 Å². The molecular formula is C6H6F4O2. The standard InChI is InChI=1S/C6H6F4O2/c1-2-3(4(11)12)6(9,10)5(7)8/h2-3,5H,1H2,(H,11,12). The normalized spacial score (nSPS) is 14.4. The largest absolute Gasteiger partial charge is 0.481 e. The number of hydrogen-bond donors (Lipinski definition) is 1. The van der Waals surface area contributed by atoms with Crippen molar-refractivity contribution in [3.8, 4) is 0 Å². The summed E-state index contributed by atoms with van der Waals surface area (Å²) in [7, 11) is 0. The zero-order valence-corrected chi connectivity index (χ0v) is 5.81. The first-order valence-electron chi connectivity index (χ1n) is 2.85. The van der Waals surface area contributed by atoms with Crippen molar-refractivity contribution >= 4 is 5.97 Å². The molecule has 1 N–H and O–H groups in total. The van der Waals surface area contributed by atoms with E-state index >= 15 is 0 Å². The van der Waals surface area contributed by atoms with Crippen molar-refractivity contribution < 1.29 is 27.5 Å². The minimum Gasteiger partial charge on any atom is -0.481 e. The van der Waals surface area contributed by atoms with Crippen molar-refractivity contribution in [2.75, 3.05) is 0 Å². The van der Waals surface area contributed by atoms with Crippen LogP contribution in [-0.4, -0.2) is 23.4 Å². The van der Waals surface area contributed by atoms with Gasteiger partial charge in [-0.05, 0) is 0 Å². The van der Waals surface area contributed by atoms with Crippen LogP contribution < -0.4 is 0 Å². The summed E-state index contributed by atoms with van der Waals surface area (Å²) in [6, 6.07) is 0. The number of rotatable bonds is 4. The van der Waals surface area contributed by atoms with Crippen LogP contribution in [0.1, 0.15) is 0 Å². The fourth-order valence-corrected chi connectivity index (χ4v) is 0.558. The van der Waals surface area contributed by atoms with Crippen molar-refractivity contribution in [2.24, 2.45) is 5.92 Å². The Kier molecular flexibility index (Phi) is 3.24. The summed E-state index contributed by atoms with van der Waals surface area (Å²) in [6.07, 6.45) is -3.72. The van der Waals surface area contributed by atoms with E-state index in [0.717, 1.165) is 0 Å². The van der Waals surface area contributed by atoms with Crippen LogP contribution in [0.4, 0.5) is 17.6 Å². The molecule has 0 aliphatic carbocycles. The topological polar surface area (TPSA) is 37.3 Å². The number of carbonyl (C=O) groups is 1. The molecule has 0 saturated carbocycles. The maximum atomic E-state index is 12.3. The summed E-state index contributed by atoms with van der Waals surface area (Å²) in [5.74, 6) is -9.12. The van der Waals surface area contributed by atoms with Crippen molar-refractivity contribution in [3.05, 3.63) is 12.7 Å². The van der Waals surface area contributed by atoms with Gasteiger partial charge in [-0.15, -0.1) is 6.58 Å². The second-order valence-corrected chi connectivity index (χ2v) is 2.03. The van der Waals surface area contributed by atoms with E-state index in [-0.39, 0.29) is 6.08 Å². The molecule has 2 nitrogen and oxygen atoms in total. The maximum Gasteiger partial charge on any atom is 0.324 e. The van der Waals surface area contributed by atoms with Crippen molar-refractivity contribution in [2.45, 2.75) is 12.3 Å². The molecule has 70 valence electrons. The van der Waals surface area contributed by atoms with E-state index in [9.17, 15) is 22.4 Å². The highest BCUT2D eigenvalue weighted by atomic mass is 19.3. The number of hydrogen-bond acceptors (Lipinski definition) is 1. The first kappa shape index (κ1) is 10.9. The maximum absolute atomic E-state index is 12.3. The van der Waals surface area contributed by atoms with Gasteiger partial charge in [-0.25, -0.2) is 8.78 Å². The monoisotopic (exact) mass is 186 g/mol. The van der Waals surface area contributed by atoms with E-state index in [0.29, 0.717) is 0 Å². The third-order valence-electron chi connectivity index (χ3n) is 1.21. The molecule has 0 aromatic rings. The Hall–Kier alpha value is -1.07. The number of aliphatic carboxylic acids is 1. The van der Waals surface area contributed by atoms with Gasteiger partial charge in [0.1, 0.15) is 5.92 Å². The SMILES string of the molecule is C=CC(C(=O)O)C(F)(F)C(F)F. The lowest BCUT2D eigenvalue weighted by Crippen LogP contribution is -2.39. The summed E-state index contributed by atoms with van der Waals surface area (Å²) in [6.45, 7) is 2.74. The van der Waals surface area contributed by atoms with E-state index in [1.54, 1.807) is 0 Å². The lowest BCUT2D eigenvalue weighted by molar-refractivity contribution is -0.178. The molecule has 0 heterocycles. The van der Waals surface area contributed by atoms with Gasteiger partial charge in [-0.2, -0.15) is 8.78 Å². The molecule has 0 aromatic carbocycles. The highest BCUT2D eigenvalue weighted by molar-refractivity contribution is 5.73. The second-order valence-electron chi connectivity index (χ2n) is 2.03. The van der Waals surface area contributed by atoms with Gasteiger partial charge in [-0.1, -0.05) is 6.08 Å². The summed E-state index contributed by atoms with van der Waals surface area (Å²) in [5.41, 5.74) is 0. The summed E-state index contributed by atoms with van der Waals surface area (Å²) >= 11 is 0. The molecule has 0 saturated heterocycles. The zero-order valence-electron chi connectivity index (χ0n) is 5.81. The molecule has 6 heteroatoms. The van der Waals surface area contributed by atoms with Crippen LogP contribution in [0, 0.1) is 5.92 Å². The molecule has 1 atom stereocenters. The Labute approximate surface area is 65.5 Å². The molecule has 0 rings (SSSR count). The van der Waals surface area contributed by atoms with Gasteiger partial charge >= 0.3 is 18.3 Å². The van der Waals surface area contributed by atoms with Crippen LogP contribution in [0.15, 0.2) is 12.7 Å². The lowest BCUT2D eigenvalue weighted by atomic mass is 10.0. The first-order valence-corrected chi connectivity index (χ1v) is 2.85. The van der Waals surface area contributed by atoms with Gasteiger partial charge in [0.15, 0.2) is 0 Å². The Morgan fingerprint density at radius 1 is 1.50 bits per heavy atom. The molecule has 0 aliphatic rings. The Morgan fingerprint density at radius 2 is 1.92 bits per heavy atom. The highest BCUT2D eigenvalue weighted by Gasteiger charge is 2.50. The van der Waals surface area contributed by atoms with Crippen LogP contribution in [0.25, 0.3) is 0 Å². The fraction of sp³-hybridized carbons (Fsp3) is 0.500. The Morgan fingerprint density at radius 3 is 2.00 bits per heavy atom. The molecule has 0 fully saturated rings. The van der Waals surface area contributed by atoms with E-state index in [1.165, 1.54) is 0 Å². The molecule has 0 aromatic heterocycles. The molecule has 0 aliphatic heterocycles. The van der Waals surface area contributed by atoms with Gasteiger partial charge in [0.2, 0.25) is 0 Å². The summed E-state index contributed by atoms with van der Waals surface area (Å²) in [5, 5.41) is 8.07. The molecule has 0 bridgehead atoms. The van der Waals surface area contributed by atoms with Gasteiger partial charge in [0.25, 0.3) is 0 Å². The predicted octanol–water partition coefficient (Wildman–Crippen LogP) is 1.77. The summed E-state index contributed by atoms with van der Waals surface area (Å²) in [4.78, 5) is 10.00. The molecule has 1 unspecified atom stereocenters. The molecule has 0 radical (unpaired) electrons. The third-order valence-corrected chi connectivity index (χ3v) is 1.21. The van der Waals surface area contributed by atoms with Crippen molar-refractivity contribution in [1.82, 2.24) is 0 Å². The first-order chi connectivity index (χ1) is 5.34. The Bertz CT molecular complexity index is 190. The number of alkyl halides is 4. The van der Waals surface area contributed by atoms with Gasteiger partial charge < -0.3 is 5.11 Å². The molecule has 0 amide bonds.